The van der Waals surface area contributed by atoms with Gasteiger partial charge in [-0.3, -0.25) is 4.79 Å². The maximum atomic E-state index is 14.4. The van der Waals surface area contributed by atoms with Crippen molar-refractivity contribution in [1.82, 2.24) is 5.32 Å². The fourth-order valence-corrected chi connectivity index (χ4v) is 2.91. The maximum absolute atomic E-state index is 14.4. The summed E-state index contributed by atoms with van der Waals surface area (Å²) in [5.41, 5.74) is 4.69. The van der Waals surface area contributed by atoms with E-state index < -0.39 is 35.2 Å². The second kappa shape index (κ2) is 7.00. The number of carbonyl (C=O) groups is 1. The summed E-state index contributed by atoms with van der Waals surface area (Å²) in [6.45, 7) is 1.01. The molecule has 1 fully saturated rings. The number of methoxy groups -OCH3 is 1. The normalized spacial score (nSPS) is 23.1. The van der Waals surface area contributed by atoms with Gasteiger partial charge in [0.15, 0.2) is 0 Å². The molecule has 0 spiro atoms. The molecule has 0 saturated carbocycles. The molecule has 0 radical (unpaired) electrons. The highest BCUT2D eigenvalue weighted by Gasteiger charge is 2.33. The zero-order valence-electron chi connectivity index (χ0n) is 12.2. The zero-order valence-corrected chi connectivity index (χ0v) is 12.2. The summed E-state index contributed by atoms with van der Waals surface area (Å²) in [4.78, 5) is 11.4. The first-order chi connectivity index (χ1) is 10.4. The van der Waals surface area contributed by atoms with E-state index in [2.05, 4.69) is 5.32 Å². The number of piperidine rings is 1. The quantitative estimate of drug-likeness (QED) is 0.874. The van der Waals surface area contributed by atoms with Crippen LogP contribution in [0.15, 0.2) is 12.1 Å². The van der Waals surface area contributed by atoms with E-state index >= 15 is 0 Å². The van der Waals surface area contributed by atoms with E-state index in [1.807, 2.05) is 0 Å². The van der Waals surface area contributed by atoms with Crippen molar-refractivity contribution < 1.29 is 22.7 Å². The number of halogens is 3. The number of carbonyl (C=O) groups excluding carboxylic acids is 1. The van der Waals surface area contributed by atoms with Crippen molar-refractivity contribution in [2.45, 2.75) is 19.0 Å². The number of hydrogen-bond acceptors (Lipinski definition) is 3. The van der Waals surface area contributed by atoms with Gasteiger partial charge in [0.05, 0.1) is 12.7 Å². The molecule has 1 amide bonds. The number of hydrogen-bond donors (Lipinski definition) is 2. The molecule has 1 heterocycles. The minimum absolute atomic E-state index is 0.0136. The third-order valence-electron chi connectivity index (χ3n) is 4.08. The van der Waals surface area contributed by atoms with Crippen molar-refractivity contribution >= 4 is 5.91 Å². The molecule has 1 saturated heterocycles. The van der Waals surface area contributed by atoms with Gasteiger partial charge in [0.25, 0.3) is 0 Å². The van der Waals surface area contributed by atoms with Crippen molar-refractivity contribution in [3.05, 3.63) is 29.3 Å². The molecule has 0 bridgehead atoms. The smallest absolute Gasteiger partial charge is 0.220 e. The molecule has 2 rings (SSSR count). The van der Waals surface area contributed by atoms with E-state index in [9.17, 15) is 18.0 Å². The highest BCUT2D eigenvalue weighted by molar-refractivity contribution is 5.77. The second-order valence-corrected chi connectivity index (χ2v) is 5.47. The third kappa shape index (κ3) is 3.52. The van der Waals surface area contributed by atoms with Crippen molar-refractivity contribution in [2.24, 2.45) is 17.6 Å². The van der Waals surface area contributed by atoms with E-state index in [0.29, 0.717) is 19.5 Å². The first-order valence-electron chi connectivity index (χ1n) is 7.11. The molecule has 122 valence electrons. The van der Waals surface area contributed by atoms with E-state index in [-0.39, 0.29) is 18.1 Å². The molecule has 2 unspecified atom stereocenters. The van der Waals surface area contributed by atoms with Crippen LogP contribution >= 0.6 is 0 Å². The summed E-state index contributed by atoms with van der Waals surface area (Å²) in [6, 6.07) is 1.88. The first-order valence-corrected chi connectivity index (χ1v) is 7.11. The summed E-state index contributed by atoms with van der Waals surface area (Å²) in [7, 11) is 1.27. The Kier molecular flexibility index (Phi) is 5.28. The highest BCUT2D eigenvalue weighted by atomic mass is 19.2. The molecule has 3 atom stereocenters. The number of nitrogens with one attached hydrogen (secondary N) is 1. The monoisotopic (exact) mass is 316 g/mol. The van der Waals surface area contributed by atoms with Gasteiger partial charge in [-0.25, -0.2) is 13.2 Å². The number of primary amides is 1. The Labute approximate surface area is 126 Å². The SMILES string of the molecule is COc1cc(F)c([C@@H](F)CC2CNCCC2C(N)=O)c(F)c1. The molecule has 4 nitrogen and oxygen atoms in total. The summed E-state index contributed by atoms with van der Waals surface area (Å²) in [5, 5.41) is 3.04. The van der Waals surface area contributed by atoms with Crippen LogP contribution in [0, 0.1) is 23.5 Å². The van der Waals surface area contributed by atoms with Crippen LogP contribution < -0.4 is 15.8 Å². The Bertz CT molecular complexity index is 531. The van der Waals surface area contributed by atoms with E-state index in [4.69, 9.17) is 10.5 Å². The second-order valence-electron chi connectivity index (χ2n) is 5.47. The summed E-state index contributed by atoms with van der Waals surface area (Å²) in [5.74, 6) is -3.38. The minimum atomic E-state index is -1.85. The molecule has 1 aromatic rings. The van der Waals surface area contributed by atoms with E-state index in [0.717, 1.165) is 12.1 Å². The van der Waals surface area contributed by atoms with E-state index in [1.165, 1.54) is 7.11 Å². The molecule has 1 aromatic carbocycles. The minimum Gasteiger partial charge on any atom is -0.497 e. The molecule has 3 N–H and O–H groups in total. The first kappa shape index (κ1) is 16.6. The zero-order chi connectivity index (χ0) is 16.3. The Morgan fingerprint density at radius 3 is 2.64 bits per heavy atom. The Morgan fingerprint density at radius 2 is 2.09 bits per heavy atom. The standard InChI is InChI=1S/C15H19F3N2O2/c1-22-9-5-12(17)14(13(18)6-9)11(16)4-8-7-20-3-2-10(8)15(19)21/h5-6,8,10-11,20H,2-4,7H2,1H3,(H2,19,21)/t8?,10?,11-/m0/s1. The largest absolute Gasteiger partial charge is 0.497 e. The van der Waals surface area contributed by atoms with Gasteiger partial charge >= 0.3 is 0 Å². The third-order valence-corrected chi connectivity index (χ3v) is 4.08. The lowest BCUT2D eigenvalue weighted by atomic mass is 9.81. The fourth-order valence-electron chi connectivity index (χ4n) is 2.91. The summed E-state index contributed by atoms with van der Waals surface area (Å²) < 4.78 is 46.9. The predicted octanol–water partition coefficient (Wildman–Crippen LogP) is 2.09. The molecule has 1 aliphatic heterocycles. The van der Waals surface area contributed by atoms with Gasteiger partial charge in [0.1, 0.15) is 23.6 Å². The number of ether oxygens (including phenoxy) is 1. The topological polar surface area (TPSA) is 64.3 Å². The van der Waals surface area contributed by atoms with Gasteiger partial charge in [-0.1, -0.05) is 0 Å². The summed E-state index contributed by atoms with van der Waals surface area (Å²) >= 11 is 0. The molecule has 1 aliphatic rings. The number of nitrogens with two attached hydrogens (primary N) is 1. The van der Waals surface area contributed by atoms with Crippen LogP contribution in [0.5, 0.6) is 5.75 Å². The van der Waals surface area contributed by atoms with Crippen LogP contribution in [0.25, 0.3) is 0 Å². The lowest BCUT2D eigenvalue weighted by Gasteiger charge is -2.31. The molecule has 0 aliphatic carbocycles. The van der Waals surface area contributed by atoms with Crippen molar-refractivity contribution in [1.29, 1.82) is 0 Å². The molecular weight excluding hydrogens is 297 g/mol. The van der Waals surface area contributed by atoms with Crippen LogP contribution in [-0.4, -0.2) is 26.1 Å². The van der Waals surface area contributed by atoms with Crippen molar-refractivity contribution in [3.63, 3.8) is 0 Å². The van der Waals surface area contributed by atoms with Crippen LogP contribution in [0.2, 0.25) is 0 Å². The van der Waals surface area contributed by atoms with Crippen molar-refractivity contribution in [3.8, 4) is 5.75 Å². The molecule has 22 heavy (non-hydrogen) atoms. The van der Waals surface area contributed by atoms with Gasteiger partial charge in [0, 0.05) is 18.1 Å². The van der Waals surface area contributed by atoms with Crippen LogP contribution in [0.1, 0.15) is 24.6 Å². The van der Waals surface area contributed by atoms with Crippen LogP contribution in [-0.2, 0) is 4.79 Å². The Balaban J connectivity index is 2.18. The maximum Gasteiger partial charge on any atom is 0.220 e. The predicted molar refractivity (Wildman–Crippen MR) is 75.0 cm³/mol. The number of alkyl halides is 1. The van der Waals surface area contributed by atoms with Gasteiger partial charge in [-0.15, -0.1) is 0 Å². The number of benzene rings is 1. The average molecular weight is 316 g/mol. The summed E-state index contributed by atoms with van der Waals surface area (Å²) in [6.07, 6.45) is -1.51. The molecular formula is C15H19F3N2O2. The number of amides is 1. The van der Waals surface area contributed by atoms with Gasteiger partial charge in [-0.05, 0) is 31.8 Å². The van der Waals surface area contributed by atoms with Crippen molar-refractivity contribution in [2.75, 3.05) is 20.2 Å². The Hall–Kier alpha value is -1.76. The van der Waals surface area contributed by atoms with E-state index in [1.54, 1.807) is 0 Å². The number of rotatable bonds is 5. The van der Waals surface area contributed by atoms with Gasteiger partial charge in [-0.2, -0.15) is 0 Å². The fraction of sp³-hybridized carbons (Fsp3) is 0.533. The van der Waals surface area contributed by atoms with Crippen LogP contribution in [0.3, 0.4) is 0 Å². The van der Waals surface area contributed by atoms with Gasteiger partial charge in [0.2, 0.25) is 5.91 Å². The van der Waals surface area contributed by atoms with Gasteiger partial charge < -0.3 is 15.8 Å². The lowest BCUT2D eigenvalue weighted by Crippen LogP contribution is -2.43. The average Bonchev–Trinajstić information content (AvgIpc) is 2.46. The van der Waals surface area contributed by atoms with Crippen LogP contribution in [0.4, 0.5) is 13.2 Å². The lowest BCUT2D eigenvalue weighted by molar-refractivity contribution is -0.124. The highest BCUT2D eigenvalue weighted by Crippen LogP contribution is 2.35. The Morgan fingerprint density at radius 1 is 1.45 bits per heavy atom. The molecule has 7 heteroatoms. The molecule has 0 aromatic heterocycles.